The molecule has 1 aromatic rings. The predicted octanol–water partition coefficient (Wildman–Crippen LogP) is 2.23. The highest BCUT2D eigenvalue weighted by atomic mass is 32.2. The Kier molecular flexibility index (Phi) is 4.12. The van der Waals surface area contributed by atoms with E-state index in [0.717, 1.165) is 44.2 Å². The minimum absolute atomic E-state index is 0.215. The van der Waals surface area contributed by atoms with E-state index < -0.39 is 10.0 Å². The highest BCUT2D eigenvalue weighted by molar-refractivity contribution is 7.89. The van der Waals surface area contributed by atoms with Crippen LogP contribution in [0.25, 0.3) is 0 Å². The Balaban J connectivity index is 1.89. The molecule has 1 heterocycles. The molecule has 2 aliphatic carbocycles. The fraction of sp³-hybridized carbons (Fsp3) is 0.733. The number of nitrogens with two attached hydrogens (primary N) is 1. The molecule has 2 N–H and O–H groups in total. The fourth-order valence-corrected chi connectivity index (χ4v) is 4.58. The monoisotopic (exact) mass is 311 g/mol. The van der Waals surface area contributed by atoms with Gasteiger partial charge >= 0.3 is 0 Å². The molecule has 1 aromatic heterocycles. The minimum Gasteiger partial charge on any atom is -0.346 e. The van der Waals surface area contributed by atoms with Crippen molar-refractivity contribution in [1.29, 1.82) is 0 Å². The van der Waals surface area contributed by atoms with Crippen molar-refractivity contribution >= 4 is 10.0 Å². The molecule has 5 nitrogen and oxygen atoms in total. The Morgan fingerprint density at radius 2 is 2.05 bits per heavy atom. The molecule has 3 rings (SSSR count). The van der Waals surface area contributed by atoms with Gasteiger partial charge in [-0.05, 0) is 38.2 Å². The Bertz CT molecular complexity index is 600. The molecule has 2 aliphatic rings. The third-order valence-electron chi connectivity index (χ3n) is 4.35. The number of unbranched alkanes of at least 4 members (excludes halogenated alkanes) is 1. The molecule has 0 amide bonds. The topological polar surface area (TPSA) is 68.3 Å². The highest BCUT2D eigenvalue weighted by Crippen LogP contribution is 2.38. The van der Waals surface area contributed by atoms with Gasteiger partial charge in [0.15, 0.2) is 0 Å². The van der Waals surface area contributed by atoms with E-state index in [1.165, 1.54) is 0 Å². The minimum atomic E-state index is -3.37. The zero-order chi connectivity index (χ0) is 15.0. The van der Waals surface area contributed by atoms with Gasteiger partial charge in [-0.25, -0.2) is 8.42 Å². The van der Waals surface area contributed by atoms with Crippen LogP contribution < -0.4 is 5.73 Å². The Hall–Kier alpha value is -0.850. The summed E-state index contributed by atoms with van der Waals surface area (Å²) in [6, 6.07) is 2.44. The lowest BCUT2D eigenvalue weighted by atomic mass is 10.3. The van der Waals surface area contributed by atoms with Crippen molar-refractivity contribution in [1.82, 2.24) is 8.87 Å². The molecular weight excluding hydrogens is 286 g/mol. The summed E-state index contributed by atoms with van der Waals surface area (Å²) in [6.45, 7) is 3.12. The quantitative estimate of drug-likeness (QED) is 0.800. The Labute approximate surface area is 127 Å². The van der Waals surface area contributed by atoms with Crippen LogP contribution in [0.4, 0.5) is 0 Å². The maximum absolute atomic E-state index is 12.9. The van der Waals surface area contributed by atoms with Gasteiger partial charge in [0.1, 0.15) is 4.90 Å². The van der Waals surface area contributed by atoms with Crippen LogP contribution in [0, 0.1) is 0 Å². The summed E-state index contributed by atoms with van der Waals surface area (Å²) in [5.41, 5.74) is 6.70. The molecule has 0 spiro atoms. The third kappa shape index (κ3) is 3.03. The molecule has 0 aliphatic heterocycles. The normalized spacial score (nSPS) is 19.4. The van der Waals surface area contributed by atoms with Gasteiger partial charge in [-0.15, -0.1) is 0 Å². The second-order valence-corrected chi connectivity index (χ2v) is 8.10. The number of hydrogen-bond acceptors (Lipinski definition) is 3. The molecule has 0 radical (unpaired) electrons. The zero-order valence-corrected chi connectivity index (χ0v) is 13.5. The van der Waals surface area contributed by atoms with E-state index in [1.54, 1.807) is 16.6 Å². The van der Waals surface area contributed by atoms with Gasteiger partial charge < -0.3 is 10.3 Å². The van der Waals surface area contributed by atoms with Gasteiger partial charge in [-0.2, -0.15) is 4.31 Å². The lowest BCUT2D eigenvalue weighted by Gasteiger charge is -2.20. The van der Waals surface area contributed by atoms with Crippen molar-refractivity contribution < 1.29 is 8.42 Å². The molecule has 0 bridgehead atoms. The first-order chi connectivity index (χ1) is 10.1. The second kappa shape index (κ2) is 5.74. The van der Waals surface area contributed by atoms with Gasteiger partial charge in [-0.1, -0.05) is 13.3 Å². The van der Waals surface area contributed by atoms with E-state index in [0.29, 0.717) is 24.0 Å². The van der Waals surface area contributed by atoms with Crippen LogP contribution in [0.3, 0.4) is 0 Å². The van der Waals surface area contributed by atoms with E-state index in [1.807, 2.05) is 0 Å². The number of aromatic nitrogens is 1. The van der Waals surface area contributed by atoms with Crippen LogP contribution in [-0.4, -0.2) is 29.9 Å². The van der Waals surface area contributed by atoms with E-state index >= 15 is 0 Å². The molecule has 0 saturated heterocycles. The van der Waals surface area contributed by atoms with Gasteiger partial charge in [-0.3, -0.25) is 0 Å². The van der Waals surface area contributed by atoms with Crippen LogP contribution in [0.5, 0.6) is 0 Å². The van der Waals surface area contributed by atoms with Gasteiger partial charge in [0.2, 0.25) is 10.0 Å². The molecule has 6 heteroatoms. The lowest BCUT2D eigenvalue weighted by Crippen LogP contribution is -2.33. The maximum Gasteiger partial charge on any atom is 0.244 e. The van der Waals surface area contributed by atoms with Crippen LogP contribution in [0.15, 0.2) is 17.2 Å². The summed E-state index contributed by atoms with van der Waals surface area (Å²) < 4.78 is 29.6. The number of hydrogen-bond donors (Lipinski definition) is 1. The van der Waals surface area contributed by atoms with Crippen molar-refractivity contribution in [2.75, 3.05) is 6.54 Å². The van der Waals surface area contributed by atoms with E-state index in [4.69, 9.17) is 5.73 Å². The predicted molar refractivity (Wildman–Crippen MR) is 82.4 cm³/mol. The van der Waals surface area contributed by atoms with E-state index in [9.17, 15) is 8.42 Å². The average Bonchev–Trinajstić information content (AvgIpc) is 3.38. The standard InChI is InChI=1S/C15H25N3O2S/c1-2-3-8-18(13-6-7-13)21(19,20)15-9-14(10-16)17(11-15)12-4-5-12/h9,11-13H,2-8,10,16H2,1H3. The van der Waals surface area contributed by atoms with Gasteiger partial charge in [0, 0.05) is 37.1 Å². The Morgan fingerprint density at radius 1 is 1.33 bits per heavy atom. The number of sulfonamides is 1. The first-order valence-electron chi connectivity index (χ1n) is 8.00. The first-order valence-corrected chi connectivity index (χ1v) is 9.44. The molecule has 21 heavy (non-hydrogen) atoms. The molecular formula is C15H25N3O2S. The molecule has 0 aromatic carbocycles. The zero-order valence-electron chi connectivity index (χ0n) is 12.7. The van der Waals surface area contributed by atoms with Crippen LogP contribution in [0.2, 0.25) is 0 Å². The molecule has 118 valence electrons. The Morgan fingerprint density at radius 3 is 2.57 bits per heavy atom. The molecule has 2 saturated carbocycles. The molecule has 0 unspecified atom stereocenters. The largest absolute Gasteiger partial charge is 0.346 e. The summed E-state index contributed by atoms with van der Waals surface area (Å²) >= 11 is 0. The first kappa shape index (κ1) is 15.1. The average molecular weight is 311 g/mol. The van der Waals surface area contributed by atoms with Gasteiger partial charge in [0.05, 0.1) is 0 Å². The summed E-state index contributed by atoms with van der Waals surface area (Å²) in [7, 11) is -3.37. The smallest absolute Gasteiger partial charge is 0.244 e. The van der Waals surface area contributed by atoms with Crippen molar-refractivity contribution in [2.45, 2.75) is 69.0 Å². The number of rotatable bonds is 8. The summed E-state index contributed by atoms with van der Waals surface area (Å²) in [6.07, 6.45) is 7.98. The maximum atomic E-state index is 12.9. The summed E-state index contributed by atoms with van der Waals surface area (Å²) in [5, 5.41) is 0. The summed E-state index contributed by atoms with van der Waals surface area (Å²) in [5.74, 6) is 0. The van der Waals surface area contributed by atoms with Crippen LogP contribution >= 0.6 is 0 Å². The van der Waals surface area contributed by atoms with Crippen LogP contribution in [0.1, 0.15) is 57.2 Å². The molecule has 2 fully saturated rings. The highest BCUT2D eigenvalue weighted by Gasteiger charge is 2.38. The van der Waals surface area contributed by atoms with Gasteiger partial charge in [0.25, 0.3) is 0 Å². The van der Waals surface area contributed by atoms with Crippen molar-refractivity contribution in [2.24, 2.45) is 5.73 Å². The van der Waals surface area contributed by atoms with Crippen LogP contribution in [-0.2, 0) is 16.6 Å². The van der Waals surface area contributed by atoms with E-state index in [-0.39, 0.29) is 6.04 Å². The summed E-state index contributed by atoms with van der Waals surface area (Å²) in [4.78, 5) is 0.429. The lowest BCUT2D eigenvalue weighted by molar-refractivity contribution is 0.395. The van der Waals surface area contributed by atoms with Crippen molar-refractivity contribution in [3.8, 4) is 0 Å². The van der Waals surface area contributed by atoms with E-state index in [2.05, 4.69) is 11.5 Å². The van der Waals surface area contributed by atoms with Crippen molar-refractivity contribution in [3.05, 3.63) is 18.0 Å². The van der Waals surface area contributed by atoms with Crippen molar-refractivity contribution in [3.63, 3.8) is 0 Å². The third-order valence-corrected chi connectivity index (χ3v) is 6.27. The number of nitrogens with zero attached hydrogens (tertiary/aromatic N) is 2. The fourth-order valence-electron chi connectivity index (χ4n) is 2.80. The second-order valence-electron chi connectivity index (χ2n) is 6.21. The SMILES string of the molecule is CCCCN(C1CC1)S(=O)(=O)c1cc(CN)n(C2CC2)c1. The molecule has 0 atom stereocenters.